The minimum Gasteiger partial charge on any atom is -0.395 e. The highest BCUT2D eigenvalue weighted by Gasteiger charge is 2.35. The molecule has 6 nitrogen and oxygen atoms in total. The van der Waals surface area contributed by atoms with E-state index in [1.54, 1.807) is 0 Å². The van der Waals surface area contributed by atoms with Crippen LogP contribution >= 0.6 is 0 Å². The summed E-state index contributed by atoms with van der Waals surface area (Å²) >= 11 is 0. The first kappa shape index (κ1) is 15.3. The fourth-order valence-corrected chi connectivity index (χ4v) is 4.04. The van der Waals surface area contributed by atoms with Gasteiger partial charge < -0.3 is 15.6 Å². The molecule has 20 heavy (non-hydrogen) atoms. The molecule has 0 radical (unpaired) electrons. The normalized spacial score (nSPS) is 21.1. The van der Waals surface area contributed by atoms with E-state index >= 15 is 0 Å². The van der Waals surface area contributed by atoms with E-state index in [9.17, 15) is 17.9 Å². The highest BCUT2D eigenvalue weighted by atomic mass is 32.2. The van der Waals surface area contributed by atoms with Crippen molar-refractivity contribution in [1.82, 2.24) is 4.31 Å². The van der Waals surface area contributed by atoms with Crippen molar-refractivity contribution >= 4 is 10.0 Å². The van der Waals surface area contributed by atoms with Crippen LogP contribution in [0.5, 0.6) is 0 Å². The molecule has 3 N–H and O–H groups in total. The van der Waals surface area contributed by atoms with Crippen molar-refractivity contribution in [2.45, 2.75) is 17.5 Å². The van der Waals surface area contributed by atoms with E-state index in [1.807, 2.05) is 0 Å². The molecule has 8 heteroatoms. The van der Waals surface area contributed by atoms with Crippen LogP contribution in [0.25, 0.3) is 0 Å². The summed E-state index contributed by atoms with van der Waals surface area (Å²) in [7, 11) is -3.92. The van der Waals surface area contributed by atoms with Gasteiger partial charge in [-0.05, 0) is 12.1 Å². The standard InChI is InChI=1S/C12H17FN2O4S/c13-11-2-1-3-12(10(11)6-14)20(17,18)15-4-5-19-8-9(15)7-16/h1-3,9,16H,4-8,14H2. The van der Waals surface area contributed by atoms with E-state index in [-0.39, 0.29) is 43.4 Å². The van der Waals surface area contributed by atoms with Crippen LogP contribution in [0.3, 0.4) is 0 Å². The number of halogens is 1. The van der Waals surface area contributed by atoms with E-state index in [2.05, 4.69) is 0 Å². The Labute approximate surface area is 117 Å². The summed E-state index contributed by atoms with van der Waals surface area (Å²) in [5.41, 5.74) is 5.40. The van der Waals surface area contributed by atoms with Gasteiger partial charge >= 0.3 is 0 Å². The number of rotatable bonds is 4. The molecule has 1 aromatic carbocycles. The zero-order chi connectivity index (χ0) is 14.8. The van der Waals surface area contributed by atoms with Gasteiger partial charge in [-0.1, -0.05) is 6.07 Å². The number of sulfonamides is 1. The highest BCUT2D eigenvalue weighted by molar-refractivity contribution is 7.89. The van der Waals surface area contributed by atoms with Crippen molar-refractivity contribution in [3.63, 3.8) is 0 Å². The van der Waals surface area contributed by atoms with E-state index in [0.717, 1.165) is 4.31 Å². The van der Waals surface area contributed by atoms with Crippen LogP contribution < -0.4 is 5.73 Å². The Hall–Kier alpha value is -1.06. The number of morpholine rings is 1. The van der Waals surface area contributed by atoms with Gasteiger partial charge in [0.15, 0.2) is 0 Å². The van der Waals surface area contributed by atoms with Gasteiger partial charge in [-0.3, -0.25) is 0 Å². The lowest BCUT2D eigenvalue weighted by atomic mass is 10.2. The van der Waals surface area contributed by atoms with Gasteiger partial charge in [-0.25, -0.2) is 12.8 Å². The molecule has 0 spiro atoms. The van der Waals surface area contributed by atoms with Gasteiger partial charge in [0.05, 0.1) is 30.8 Å². The van der Waals surface area contributed by atoms with Gasteiger partial charge in [0.1, 0.15) is 5.82 Å². The number of ether oxygens (including phenoxy) is 1. The second-order valence-corrected chi connectivity index (χ2v) is 6.31. The molecule has 2 rings (SSSR count). The molecule has 0 saturated carbocycles. The lowest BCUT2D eigenvalue weighted by Gasteiger charge is -2.33. The fourth-order valence-electron chi connectivity index (χ4n) is 2.20. The minimum absolute atomic E-state index is 0.0457. The van der Waals surface area contributed by atoms with Gasteiger partial charge in [-0.2, -0.15) is 4.31 Å². The van der Waals surface area contributed by atoms with Gasteiger partial charge in [0.2, 0.25) is 10.0 Å². The molecule has 1 unspecified atom stereocenters. The first-order valence-corrected chi connectivity index (χ1v) is 7.64. The zero-order valence-electron chi connectivity index (χ0n) is 10.8. The highest BCUT2D eigenvalue weighted by Crippen LogP contribution is 2.25. The lowest BCUT2D eigenvalue weighted by molar-refractivity contribution is 0.0109. The largest absolute Gasteiger partial charge is 0.395 e. The Bertz CT molecular complexity index is 579. The summed E-state index contributed by atoms with van der Waals surface area (Å²) in [5, 5.41) is 9.27. The smallest absolute Gasteiger partial charge is 0.243 e. The van der Waals surface area contributed by atoms with Crippen molar-refractivity contribution in [3.05, 3.63) is 29.6 Å². The van der Waals surface area contributed by atoms with Crippen LogP contribution in [0, 0.1) is 5.82 Å². The van der Waals surface area contributed by atoms with Crippen LogP contribution in [-0.2, 0) is 21.3 Å². The van der Waals surface area contributed by atoms with Gasteiger partial charge in [0, 0.05) is 18.7 Å². The third kappa shape index (κ3) is 2.70. The van der Waals surface area contributed by atoms with Crippen LogP contribution in [0.2, 0.25) is 0 Å². The minimum atomic E-state index is -3.92. The summed E-state index contributed by atoms with van der Waals surface area (Å²) in [4.78, 5) is -0.152. The SMILES string of the molecule is NCc1c(F)cccc1S(=O)(=O)N1CCOCC1CO. The summed E-state index contributed by atoms with van der Waals surface area (Å²) in [6, 6.07) is 3.16. The Morgan fingerprint density at radius 1 is 1.50 bits per heavy atom. The molecule has 1 fully saturated rings. The van der Waals surface area contributed by atoms with Crippen molar-refractivity contribution in [3.8, 4) is 0 Å². The second kappa shape index (κ2) is 6.15. The number of nitrogens with two attached hydrogens (primary N) is 1. The lowest BCUT2D eigenvalue weighted by Crippen LogP contribution is -2.50. The average molecular weight is 304 g/mol. The van der Waals surface area contributed by atoms with Crippen molar-refractivity contribution in [2.75, 3.05) is 26.4 Å². The van der Waals surface area contributed by atoms with E-state index in [4.69, 9.17) is 10.5 Å². The second-order valence-electron chi connectivity index (χ2n) is 4.45. The van der Waals surface area contributed by atoms with Crippen LogP contribution in [0.4, 0.5) is 4.39 Å². The molecule has 0 aromatic heterocycles. The maximum absolute atomic E-state index is 13.7. The van der Waals surface area contributed by atoms with Crippen molar-refractivity contribution in [2.24, 2.45) is 5.73 Å². The topological polar surface area (TPSA) is 92.9 Å². The van der Waals surface area contributed by atoms with Crippen LogP contribution in [0.1, 0.15) is 5.56 Å². The maximum Gasteiger partial charge on any atom is 0.243 e. The molecule has 0 bridgehead atoms. The summed E-state index contributed by atoms with van der Waals surface area (Å²) < 4.78 is 45.2. The first-order valence-electron chi connectivity index (χ1n) is 6.20. The number of benzene rings is 1. The molecule has 1 atom stereocenters. The fraction of sp³-hybridized carbons (Fsp3) is 0.500. The summed E-state index contributed by atoms with van der Waals surface area (Å²) in [6.07, 6.45) is 0. The summed E-state index contributed by atoms with van der Waals surface area (Å²) in [5.74, 6) is -0.651. The summed E-state index contributed by atoms with van der Waals surface area (Å²) in [6.45, 7) is -0.0953. The first-order chi connectivity index (χ1) is 9.52. The van der Waals surface area contributed by atoms with Crippen molar-refractivity contribution < 1.29 is 22.7 Å². The molecule has 0 aliphatic carbocycles. The predicted octanol–water partition coefficient (Wildman–Crippen LogP) is -0.334. The molecular weight excluding hydrogens is 287 g/mol. The number of aliphatic hydroxyl groups excluding tert-OH is 1. The van der Waals surface area contributed by atoms with Gasteiger partial charge in [-0.15, -0.1) is 0 Å². The number of hydrogen-bond donors (Lipinski definition) is 2. The molecule has 1 saturated heterocycles. The van der Waals surface area contributed by atoms with E-state index in [0.29, 0.717) is 0 Å². The molecular formula is C12H17FN2O4S. The molecule has 1 heterocycles. The van der Waals surface area contributed by atoms with Crippen LogP contribution in [-0.4, -0.2) is 50.2 Å². The quantitative estimate of drug-likeness (QED) is 0.794. The molecule has 1 aliphatic rings. The molecule has 1 aliphatic heterocycles. The van der Waals surface area contributed by atoms with Crippen LogP contribution in [0.15, 0.2) is 23.1 Å². The average Bonchev–Trinajstić information content (AvgIpc) is 2.46. The maximum atomic E-state index is 13.7. The Kier molecular flexibility index (Phi) is 4.71. The Morgan fingerprint density at radius 3 is 2.90 bits per heavy atom. The zero-order valence-corrected chi connectivity index (χ0v) is 11.6. The monoisotopic (exact) mass is 304 g/mol. The Balaban J connectivity index is 2.47. The molecule has 112 valence electrons. The molecule has 1 aromatic rings. The third-order valence-electron chi connectivity index (χ3n) is 3.25. The van der Waals surface area contributed by atoms with Gasteiger partial charge in [0.25, 0.3) is 0 Å². The number of nitrogens with zero attached hydrogens (tertiary/aromatic N) is 1. The third-order valence-corrected chi connectivity index (χ3v) is 5.29. The number of hydrogen-bond acceptors (Lipinski definition) is 5. The Morgan fingerprint density at radius 2 is 2.25 bits per heavy atom. The van der Waals surface area contributed by atoms with E-state index < -0.39 is 21.9 Å². The number of aliphatic hydroxyl groups is 1. The predicted molar refractivity (Wildman–Crippen MR) is 69.9 cm³/mol. The van der Waals surface area contributed by atoms with Crippen molar-refractivity contribution in [1.29, 1.82) is 0 Å². The molecule has 0 amide bonds. The van der Waals surface area contributed by atoms with E-state index in [1.165, 1.54) is 18.2 Å².